The van der Waals surface area contributed by atoms with Crippen molar-refractivity contribution in [3.63, 3.8) is 0 Å². The Morgan fingerprint density at radius 1 is 0.889 bits per heavy atom. The molecule has 2 aromatic rings. The highest BCUT2D eigenvalue weighted by atomic mass is 19.1. The minimum Gasteiger partial charge on any atom is -0.501 e. The van der Waals surface area contributed by atoms with E-state index in [0.29, 0.717) is 0 Å². The van der Waals surface area contributed by atoms with Gasteiger partial charge in [-0.15, -0.1) is 0 Å². The second-order valence-electron chi connectivity index (χ2n) is 4.94. The summed E-state index contributed by atoms with van der Waals surface area (Å²) in [5.41, 5.74) is 0.124. The molecule has 5 nitrogen and oxygen atoms in total. The van der Waals surface area contributed by atoms with Crippen LogP contribution in [-0.2, 0) is 14.3 Å². The lowest BCUT2D eigenvalue weighted by Crippen LogP contribution is -1.94. The smallest absolute Gasteiger partial charge is 0.335 e. The van der Waals surface area contributed by atoms with Crippen LogP contribution in [0.3, 0.4) is 0 Å². The molecule has 0 radical (unpaired) electrons. The molecular weight excluding hydrogens is 358 g/mol. The number of methoxy groups -OCH3 is 1. The molecule has 0 aliphatic carbocycles. The molecule has 7 heteroatoms. The van der Waals surface area contributed by atoms with Crippen molar-refractivity contribution in [2.45, 2.75) is 0 Å². The van der Waals surface area contributed by atoms with E-state index >= 15 is 0 Å². The highest BCUT2D eigenvalue weighted by molar-refractivity contribution is 5.81. The molecule has 0 aromatic heterocycles. The Bertz CT molecular complexity index is 875. The van der Waals surface area contributed by atoms with E-state index in [4.69, 9.17) is 9.47 Å². The molecule has 27 heavy (non-hydrogen) atoms. The normalized spacial score (nSPS) is 10.8. The van der Waals surface area contributed by atoms with E-state index in [1.54, 1.807) is 0 Å². The predicted octanol–water partition coefficient (Wildman–Crippen LogP) is 4.71. The SMILES string of the molecule is C=CC(=O)O/C=C\Oc1ccc(-c2ccc(O/C=C\OC)cc2F)c(F)c1. The van der Waals surface area contributed by atoms with Crippen LogP contribution in [0.25, 0.3) is 11.1 Å². The lowest BCUT2D eigenvalue weighted by atomic mass is 10.0. The number of ether oxygens (including phenoxy) is 4. The van der Waals surface area contributed by atoms with Crippen molar-refractivity contribution in [3.8, 4) is 22.6 Å². The van der Waals surface area contributed by atoms with Crippen LogP contribution in [0.15, 0.2) is 74.1 Å². The zero-order chi connectivity index (χ0) is 19.6. The van der Waals surface area contributed by atoms with Crippen LogP contribution >= 0.6 is 0 Å². The van der Waals surface area contributed by atoms with Crippen molar-refractivity contribution in [2.24, 2.45) is 0 Å². The zero-order valence-electron chi connectivity index (χ0n) is 14.4. The molecule has 0 spiro atoms. The fourth-order valence-electron chi connectivity index (χ4n) is 1.99. The highest BCUT2D eigenvalue weighted by Gasteiger charge is 2.12. The second-order valence-corrected chi connectivity index (χ2v) is 4.94. The van der Waals surface area contributed by atoms with Crippen LogP contribution in [0, 0.1) is 11.6 Å². The number of hydrogen-bond donors (Lipinski definition) is 0. The molecule has 0 unspecified atom stereocenters. The van der Waals surface area contributed by atoms with E-state index in [-0.39, 0.29) is 22.6 Å². The van der Waals surface area contributed by atoms with Crippen LogP contribution in [-0.4, -0.2) is 13.1 Å². The fourth-order valence-corrected chi connectivity index (χ4v) is 1.99. The standard InChI is InChI=1S/C20H16F2O5/c1-3-20(23)27-11-10-26-15-5-7-17(19(22)13-15)16-6-4-14(12-18(16)21)25-9-8-24-2/h3-13H,1H2,2H3/b9-8-,11-10-. The maximum atomic E-state index is 14.3. The van der Waals surface area contributed by atoms with Crippen LogP contribution in [0.4, 0.5) is 8.78 Å². The fraction of sp³-hybridized carbons (Fsp3) is 0.0500. The summed E-state index contributed by atoms with van der Waals surface area (Å²) in [5, 5.41) is 0. The Morgan fingerprint density at radius 2 is 1.41 bits per heavy atom. The van der Waals surface area contributed by atoms with Gasteiger partial charge in [-0.05, 0) is 24.3 Å². The monoisotopic (exact) mass is 374 g/mol. The molecule has 0 amide bonds. The van der Waals surface area contributed by atoms with Gasteiger partial charge in [-0.25, -0.2) is 13.6 Å². The van der Waals surface area contributed by atoms with Crippen LogP contribution in [0.1, 0.15) is 0 Å². The van der Waals surface area contributed by atoms with Crippen LogP contribution in [0.2, 0.25) is 0 Å². The number of halogens is 2. The minimum atomic E-state index is -0.684. The van der Waals surface area contributed by atoms with Gasteiger partial charge in [-0.1, -0.05) is 6.58 Å². The molecule has 0 saturated heterocycles. The summed E-state index contributed by atoms with van der Waals surface area (Å²) in [6, 6.07) is 7.94. The zero-order valence-corrected chi connectivity index (χ0v) is 14.4. The highest BCUT2D eigenvalue weighted by Crippen LogP contribution is 2.30. The molecule has 0 atom stereocenters. The van der Waals surface area contributed by atoms with Crippen molar-refractivity contribution in [3.05, 3.63) is 85.7 Å². The largest absolute Gasteiger partial charge is 0.501 e. The van der Waals surface area contributed by atoms with E-state index < -0.39 is 17.6 Å². The first kappa shape index (κ1) is 19.7. The van der Waals surface area contributed by atoms with Crippen molar-refractivity contribution < 1.29 is 32.5 Å². The molecule has 0 aliphatic heterocycles. The molecule has 0 heterocycles. The molecule has 0 fully saturated rings. The number of hydrogen-bond acceptors (Lipinski definition) is 5. The quantitative estimate of drug-likeness (QED) is 0.381. The molecule has 140 valence electrons. The van der Waals surface area contributed by atoms with E-state index in [1.807, 2.05) is 0 Å². The van der Waals surface area contributed by atoms with Crippen molar-refractivity contribution in [2.75, 3.05) is 7.11 Å². The number of carbonyl (C=O) groups excluding carboxylic acids is 1. The van der Waals surface area contributed by atoms with Gasteiger partial charge in [0, 0.05) is 29.3 Å². The summed E-state index contributed by atoms with van der Waals surface area (Å²) >= 11 is 0. The number of rotatable bonds is 8. The van der Waals surface area contributed by atoms with Crippen molar-refractivity contribution >= 4 is 5.97 Å². The Labute approximate surface area is 154 Å². The van der Waals surface area contributed by atoms with Gasteiger partial charge in [0.05, 0.1) is 7.11 Å². The van der Waals surface area contributed by atoms with Crippen LogP contribution < -0.4 is 9.47 Å². The predicted molar refractivity (Wildman–Crippen MR) is 94.6 cm³/mol. The van der Waals surface area contributed by atoms with Gasteiger partial charge in [-0.3, -0.25) is 0 Å². The third-order valence-corrected chi connectivity index (χ3v) is 3.18. The first-order chi connectivity index (χ1) is 13.0. The van der Waals surface area contributed by atoms with Gasteiger partial charge >= 0.3 is 5.97 Å². The summed E-state index contributed by atoms with van der Waals surface area (Å²) in [5.74, 6) is -1.61. The average molecular weight is 374 g/mol. The Morgan fingerprint density at radius 3 is 1.85 bits per heavy atom. The van der Waals surface area contributed by atoms with Gasteiger partial charge in [0.2, 0.25) is 0 Å². The molecule has 0 aliphatic rings. The Kier molecular flexibility index (Phi) is 7.13. The topological polar surface area (TPSA) is 54.0 Å². The van der Waals surface area contributed by atoms with Gasteiger partial charge in [0.1, 0.15) is 48.2 Å². The Balaban J connectivity index is 2.12. The summed E-state index contributed by atoms with van der Waals surface area (Å²) in [7, 11) is 1.45. The lowest BCUT2D eigenvalue weighted by molar-refractivity contribution is -0.132. The van der Waals surface area contributed by atoms with E-state index in [9.17, 15) is 13.6 Å². The first-order valence-electron chi connectivity index (χ1n) is 7.64. The lowest BCUT2D eigenvalue weighted by Gasteiger charge is -2.08. The summed E-state index contributed by atoms with van der Waals surface area (Å²) in [6.07, 6.45) is 5.58. The van der Waals surface area contributed by atoms with Gasteiger partial charge < -0.3 is 18.9 Å². The number of benzene rings is 2. The summed E-state index contributed by atoms with van der Waals surface area (Å²) < 4.78 is 48.1. The first-order valence-corrected chi connectivity index (χ1v) is 7.64. The maximum Gasteiger partial charge on any atom is 0.335 e. The summed E-state index contributed by atoms with van der Waals surface area (Å²) in [6.45, 7) is 3.23. The van der Waals surface area contributed by atoms with Crippen molar-refractivity contribution in [1.29, 1.82) is 0 Å². The second kappa shape index (κ2) is 9.76. The maximum absolute atomic E-state index is 14.3. The van der Waals surface area contributed by atoms with E-state index in [1.165, 1.54) is 43.9 Å². The third-order valence-electron chi connectivity index (χ3n) is 3.18. The van der Waals surface area contributed by atoms with Crippen molar-refractivity contribution in [1.82, 2.24) is 0 Å². The average Bonchev–Trinajstić information content (AvgIpc) is 2.66. The molecule has 0 bridgehead atoms. The van der Waals surface area contributed by atoms with E-state index in [0.717, 1.165) is 30.7 Å². The minimum absolute atomic E-state index is 0.0564. The van der Waals surface area contributed by atoms with Gasteiger partial charge in [0.25, 0.3) is 0 Å². The van der Waals surface area contributed by atoms with E-state index in [2.05, 4.69) is 16.1 Å². The van der Waals surface area contributed by atoms with Crippen LogP contribution in [0.5, 0.6) is 11.5 Å². The van der Waals surface area contributed by atoms with Gasteiger partial charge in [0.15, 0.2) is 0 Å². The number of carbonyl (C=O) groups is 1. The van der Waals surface area contributed by atoms with Gasteiger partial charge in [-0.2, -0.15) is 0 Å². The Hall–Kier alpha value is -3.61. The summed E-state index contributed by atoms with van der Waals surface area (Å²) in [4.78, 5) is 10.8. The molecule has 0 N–H and O–H groups in total. The third kappa shape index (κ3) is 5.71. The number of esters is 1. The molecule has 2 rings (SSSR count). The molecule has 0 saturated carbocycles. The molecule has 2 aromatic carbocycles. The molecular formula is C20H16F2O5.